The molecule has 0 atom stereocenters. The van der Waals surface area contributed by atoms with E-state index in [0.29, 0.717) is 16.5 Å². The molecule has 126 valence electrons. The first-order valence-corrected chi connectivity index (χ1v) is 8.49. The SMILES string of the molecule is COc1ccc(Cl)cc1NC(=O)C1CCN(c2ccccc2)CC1. The second kappa shape index (κ2) is 7.58. The molecule has 1 N–H and O–H groups in total. The second-order valence-electron chi connectivity index (χ2n) is 5.93. The predicted octanol–water partition coefficient (Wildman–Crippen LogP) is 4.20. The molecule has 1 heterocycles. The first-order valence-electron chi connectivity index (χ1n) is 8.12. The van der Waals surface area contributed by atoms with Crippen LogP contribution >= 0.6 is 11.6 Å². The molecule has 0 spiro atoms. The molecule has 1 aliphatic heterocycles. The summed E-state index contributed by atoms with van der Waals surface area (Å²) in [6.07, 6.45) is 1.67. The van der Waals surface area contributed by atoms with Gasteiger partial charge in [0.2, 0.25) is 5.91 Å². The molecule has 2 aromatic carbocycles. The highest BCUT2D eigenvalue weighted by Gasteiger charge is 2.25. The zero-order valence-electron chi connectivity index (χ0n) is 13.7. The highest BCUT2D eigenvalue weighted by molar-refractivity contribution is 6.31. The van der Waals surface area contributed by atoms with Gasteiger partial charge < -0.3 is 15.0 Å². The van der Waals surface area contributed by atoms with E-state index in [0.717, 1.165) is 25.9 Å². The number of carbonyl (C=O) groups excluding carboxylic acids is 1. The molecule has 1 saturated heterocycles. The number of methoxy groups -OCH3 is 1. The molecule has 5 heteroatoms. The van der Waals surface area contributed by atoms with Crippen molar-refractivity contribution in [3.05, 3.63) is 53.6 Å². The van der Waals surface area contributed by atoms with Gasteiger partial charge in [0.25, 0.3) is 0 Å². The summed E-state index contributed by atoms with van der Waals surface area (Å²) in [6.45, 7) is 1.77. The van der Waals surface area contributed by atoms with Gasteiger partial charge >= 0.3 is 0 Å². The average Bonchev–Trinajstić information content (AvgIpc) is 2.63. The molecule has 4 nitrogen and oxygen atoms in total. The van der Waals surface area contributed by atoms with Gasteiger partial charge in [-0.15, -0.1) is 0 Å². The molecule has 0 radical (unpaired) electrons. The molecule has 0 aliphatic carbocycles. The number of carbonyl (C=O) groups is 1. The Labute approximate surface area is 147 Å². The van der Waals surface area contributed by atoms with E-state index in [9.17, 15) is 4.79 Å². The number of hydrogen-bond donors (Lipinski definition) is 1. The van der Waals surface area contributed by atoms with Gasteiger partial charge in [0.05, 0.1) is 12.8 Å². The highest BCUT2D eigenvalue weighted by atomic mass is 35.5. The van der Waals surface area contributed by atoms with E-state index in [1.807, 2.05) is 18.2 Å². The summed E-state index contributed by atoms with van der Waals surface area (Å²) in [4.78, 5) is 14.9. The zero-order chi connectivity index (χ0) is 16.9. The summed E-state index contributed by atoms with van der Waals surface area (Å²) in [6, 6.07) is 15.5. The number of nitrogens with one attached hydrogen (secondary N) is 1. The zero-order valence-corrected chi connectivity index (χ0v) is 14.4. The third-order valence-corrected chi connectivity index (χ3v) is 4.64. The number of anilines is 2. The molecule has 1 amide bonds. The maximum atomic E-state index is 12.6. The monoisotopic (exact) mass is 344 g/mol. The lowest BCUT2D eigenvalue weighted by Gasteiger charge is -2.33. The number of amides is 1. The number of piperidine rings is 1. The maximum Gasteiger partial charge on any atom is 0.227 e. The average molecular weight is 345 g/mol. The summed E-state index contributed by atoms with van der Waals surface area (Å²) in [5.41, 5.74) is 1.84. The van der Waals surface area contributed by atoms with Crippen LogP contribution in [0.3, 0.4) is 0 Å². The summed E-state index contributed by atoms with van der Waals surface area (Å²) >= 11 is 6.02. The maximum absolute atomic E-state index is 12.6. The van der Waals surface area contributed by atoms with Crippen molar-refractivity contribution in [2.75, 3.05) is 30.4 Å². The normalized spacial score (nSPS) is 15.2. The Balaban J connectivity index is 1.61. The van der Waals surface area contributed by atoms with Crippen molar-refractivity contribution >= 4 is 28.9 Å². The standard InChI is InChI=1S/C19H21ClN2O2/c1-24-18-8-7-15(20)13-17(18)21-19(23)14-9-11-22(12-10-14)16-5-3-2-4-6-16/h2-8,13-14H,9-12H2,1H3,(H,21,23). The predicted molar refractivity (Wildman–Crippen MR) is 98.0 cm³/mol. The number of para-hydroxylation sites is 1. The van der Waals surface area contributed by atoms with Crippen LogP contribution in [0.15, 0.2) is 48.5 Å². The quantitative estimate of drug-likeness (QED) is 0.903. The van der Waals surface area contributed by atoms with Crippen LogP contribution in [0.4, 0.5) is 11.4 Å². The fourth-order valence-electron chi connectivity index (χ4n) is 3.05. The van der Waals surface area contributed by atoms with E-state index in [1.165, 1.54) is 5.69 Å². The van der Waals surface area contributed by atoms with Gasteiger partial charge in [-0.3, -0.25) is 4.79 Å². The first kappa shape index (κ1) is 16.7. The van der Waals surface area contributed by atoms with Crippen LogP contribution in [-0.2, 0) is 4.79 Å². The molecule has 1 aliphatic rings. The van der Waals surface area contributed by atoms with Crippen molar-refractivity contribution in [1.29, 1.82) is 0 Å². The summed E-state index contributed by atoms with van der Waals surface area (Å²) in [7, 11) is 1.58. The Kier molecular flexibility index (Phi) is 5.26. The second-order valence-corrected chi connectivity index (χ2v) is 6.37. The van der Waals surface area contributed by atoms with Crippen LogP contribution in [0.2, 0.25) is 5.02 Å². The summed E-state index contributed by atoms with van der Waals surface area (Å²) in [5, 5.41) is 3.53. The fraction of sp³-hybridized carbons (Fsp3) is 0.316. The Morgan fingerprint density at radius 2 is 1.88 bits per heavy atom. The van der Waals surface area contributed by atoms with Crippen LogP contribution in [-0.4, -0.2) is 26.1 Å². The van der Waals surface area contributed by atoms with Gasteiger partial charge in [0.1, 0.15) is 5.75 Å². The number of ether oxygens (including phenoxy) is 1. The Hall–Kier alpha value is -2.20. The van der Waals surface area contributed by atoms with Crippen molar-refractivity contribution in [2.24, 2.45) is 5.92 Å². The van der Waals surface area contributed by atoms with E-state index in [4.69, 9.17) is 16.3 Å². The first-order chi connectivity index (χ1) is 11.7. The van der Waals surface area contributed by atoms with Crippen LogP contribution in [0.5, 0.6) is 5.75 Å². The van der Waals surface area contributed by atoms with E-state index in [-0.39, 0.29) is 11.8 Å². The number of halogens is 1. The smallest absolute Gasteiger partial charge is 0.227 e. The van der Waals surface area contributed by atoms with Gasteiger partial charge in [-0.1, -0.05) is 29.8 Å². The fourth-order valence-corrected chi connectivity index (χ4v) is 3.22. The van der Waals surface area contributed by atoms with Gasteiger partial charge in [-0.2, -0.15) is 0 Å². The minimum atomic E-state index is 0.00801. The van der Waals surface area contributed by atoms with Crippen molar-refractivity contribution < 1.29 is 9.53 Å². The molecule has 0 saturated carbocycles. The Morgan fingerprint density at radius 1 is 1.17 bits per heavy atom. The molecule has 3 rings (SSSR count). The van der Waals surface area contributed by atoms with Crippen LogP contribution in [0.25, 0.3) is 0 Å². The third-order valence-electron chi connectivity index (χ3n) is 4.41. The summed E-state index contributed by atoms with van der Waals surface area (Å²) < 4.78 is 5.28. The van der Waals surface area contributed by atoms with E-state index in [2.05, 4.69) is 22.3 Å². The van der Waals surface area contributed by atoms with Crippen LogP contribution in [0.1, 0.15) is 12.8 Å². The lowest BCUT2D eigenvalue weighted by Crippen LogP contribution is -2.38. The molecular weight excluding hydrogens is 324 g/mol. The number of hydrogen-bond acceptors (Lipinski definition) is 3. The highest BCUT2D eigenvalue weighted by Crippen LogP contribution is 2.29. The minimum Gasteiger partial charge on any atom is -0.495 e. The molecule has 0 bridgehead atoms. The van der Waals surface area contributed by atoms with E-state index >= 15 is 0 Å². The largest absolute Gasteiger partial charge is 0.495 e. The van der Waals surface area contributed by atoms with Gasteiger partial charge in [0.15, 0.2) is 0 Å². The molecule has 0 unspecified atom stereocenters. The minimum absolute atomic E-state index is 0.00801. The van der Waals surface area contributed by atoms with Crippen molar-refractivity contribution in [3.63, 3.8) is 0 Å². The van der Waals surface area contributed by atoms with Crippen LogP contribution < -0.4 is 15.0 Å². The number of rotatable bonds is 4. The molecule has 2 aromatic rings. The lowest BCUT2D eigenvalue weighted by atomic mass is 9.95. The number of benzene rings is 2. The van der Waals surface area contributed by atoms with Crippen molar-refractivity contribution in [3.8, 4) is 5.75 Å². The molecule has 24 heavy (non-hydrogen) atoms. The Bertz CT molecular complexity index is 698. The third kappa shape index (κ3) is 3.82. The van der Waals surface area contributed by atoms with E-state index in [1.54, 1.807) is 25.3 Å². The number of nitrogens with zero attached hydrogens (tertiary/aromatic N) is 1. The Morgan fingerprint density at radius 3 is 2.54 bits per heavy atom. The van der Waals surface area contributed by atoms with Gasteiger partial charge in [-0.05, 0) is 43.2 Å². The van der Waals surface area contributed by atoms with Gasteiger partial charge in [-0.25, -0.2) is 0 Å². The van der Waals surface area contributed by atoms with E-state index < -0.39 is 0 Å². The topological polar surface area (TPSA) is 41.6 Å². The van der Waals surface area contributed by atoms with Crippen molar-refractivity contribution in [1.82, 2.24) is 0 Å². The van der Waals surface area contributed by atoms with Crippen LogP contribution in [0, 0.1) is 5.92 Å². The molecular formula is C19H21ClN2O2. The van der Waals surface area contributed by atoms with Gasteiger partial charge in [0, 0.05) is 29.7 Å². The molecule has 1 fully saturated rings. The summed E-state index contributed by atoms with van der Waals surface area (Å²) in [5.74, 6) is 0.659. The molecule has 0 aromatic heterocycles. The lowest BCUT2D eigenvalue weighted by molar-refractivity contribution is -0.120. The van der Waals surface area contributed by atoms with Crippen molar-refractivity contribution in [2.45, 2.75) is 12.8 Å².